The van der Waals surface area contributed by atoms with Crippen LogP contribution in [0.5, 0.6) is 11.6 Å². The van der Waals surface area contributed by atoms with Gasteiger partial charge in [0.2, 0.25) is 10.8 Å². The summed E-state index contributed by atoms with van der Waals surface area (Å²) in [5.74, 6) is 1.02. The molecule has 0 saturated carbocycles. The van der Waals surface area contributed by atoms with Gasteiger partial charge in [-0.05, 0) is 38.6 Å². The molecule has 0 bridgehead atoms. The average molecular weight is 388 g/mol. The molecule has 27 heavy (non-hydrogen) atoms. The van der Waals surface area contributed by atoms with Crippen LogP contribution in [0, 0.1) is 0 Å². The maximum absolute atomic E-state index is 10.8. The number of aromatic nitrogens is 3. The van der Waals surface area contributed by atoms with E-state index >= 15 is 0 Å². The van der Waals surface area contributed by atoms with Gasteiger partial charge in [0.05, 0.1) is 17.0 Å². The Labute approximate surface area is 162 Å². The topological polar surface area (TPSA) is 66.1 Å². The second-order valence-corrected chi connectivity index (χ2v) is 8.23. The van der Waals surface area contributed by atoms with E-state index in [1.807, 2.05) is 26.0 Å². The molecule has 1 unspecified atom stereocenters. The van der Waals surface area contributed by atoms with Gasteiger partial charge < -0.3 is 14.7 Å². The molecule has 0 radical (unpaired) electrons. The van der Waals surface area contributed by atoms with Gasteiger partial charge in [0, 0.05) is 26.2 Å². The second-order valence-electron chi connectivity index (χ2n) is 7.23. The summed E-state index contributed by atoms with van der Waals surface area (Å²) in [5.41, 5.74) is 1.11. The Balaban J connectivity index is 1.76. The lowest BCUT2D eigenvalue weighted by atomic mass is 10.0. The zero-order valence-electron chi connectivity index (χ0n) is 15.9. The number of thiazole rings is 1. The van der Waals surface area contributed by atoms with Crippen molar-refractivity contribution in [3.05, 3.63) is 41.0 Å². The minimum atomic E-state index is -0.0529. The molecule has 4 rings (SSSR count). The van der Waals surface area contributed by atoms with Crippen LogP contribution in [0.4, 0.5) is 0 Å². The first-order valence-corrected chi connectivity index (χ1v) is 10.0. The Morgan fingerprint density at radius 3 is 2.67 bits per heavy atom. The van der Waals surface area contributed by atoms with Crippen molar-refractivity contribution in [1.82, 2.24) is 24.4 Å². The minimum Gasteiger partial charge on any atom is -0.492 e. The molecule has 1 aliphatic rings. The highest BCUT2D eigenvalue weighted by Gasteiger charge is 2.31. The molecular formula is C19H25N5O2S. The summed E-state index contributed by atoms with van der Waals surface area (Å²) in [7, 11) is 2.14. The number of nitrogens with zero attached hydrogens (tertiary/aromatic N) is 5. The first-order chi connectivity index (χ1) is 13.0. The van der Waals surface area contributed by atoms with Crippen molar-refractivity contribution in [3.8, 4) is 11.6 Å². The molecule has 1 atom stereocenters. The van der Waals surface area contributed by atoms with Crippen LogP contribution in [0.2, 0.25) is 0 Å². The van der Waals surface area contributed by atoms with Gasteiger partial charge in [0.1, 0.15) is 12.1 Å². The molecule has 1 fully saturated rings. The normalized spacial score (nSPS) is 17.6. The highest BCUT2D eigenvalue weighted by molar-refractivity contribution is 7.17. The largest absolute Gasteiger partial charge is 0.492 e. The van der Waals surface area contributed by atoms with Gasteiger partial charge in [-0.1, -0.05) is 23.5 Å². The molecule has 1 aliphatic heterocycles. The fraction of sp³-hybridized carbons (Fsp3) is 0.474. The Kier molecular flexibility index (Phi) is 5.03. The number of fused-ring (bicyclic) bond motifs is 1. The molecule has 7 nitrogen and oxygen atoms in total. The first kappa shape index (κ1) is 18.2. The fourth-order valence-corrected chi connectivity index (χ4v) is 4.60. The lowest BCUT2D eigenvalue weighted by molar-refractivity contribution is 0.127. The van der Waals surface area contributed by atoms with E-state index in [1.165, 1.54) is 22.2 Å². The van der Waals surface area contributed by atoms with E-state index < -0.39 is 0 Å². The Morgan fingerprint density at radius 1 is 1.19 bits per heavy atom. The summed E-state index contributed by atoms with van der Waals surface area (Å²) in [6, 6.07) is 8.13. The summed E-state index contributed by atoms with van der Waals surface area (Å²) in [4.78, 5) is 10.6. The van der Waals surface area contributed by atoms with E-state index in [9.17, 15) is 5.11 Å². The average Bonchev–Trinajstić information content (AvgIpc) is 3.21. The number of ether oxygens (including phenoxy) is 1. The van der Waals surface area contributed by atoms with E-state index in [2.05, 4.69) is 39.1 Å². The highest BCUT2D eigenvalue weighted by Crippen LogP contribution is 2.40. The molecule has 1 saturated heterocycles. The summed E-state index contributed by atoms with van der Waals surface area (Å²) >= 11 is 1.49. The predicted molar refractivity (Wildman–Crippen MR) is 106 cm³/mol. The third-order valence-electron chi connectivity index (χ3n) is 4.84. The molecule has 144 valence electrons. The smallest absolute Gasteiger partial charge is 0.230 e. The lowest BCUT2D eigenvalue weighted by Gasteiger charge is -2.37. The summed E-state index contributed by atoms with van der Waals surface area (Å²) in [6.07, 6.45) is 1.59. The minimum absolute atomic E-state index is 0.0529. The molecule has 3 aromatic rings. The van der Waals surface area contributed by atoms with Crippen molar-refractivity contribution in [3.63, 3.8) is 0 Å². The van der Waals surface area contributed by atoms with Crippen LogP contribution in [0.1, 0.15) is 30.3 Å². The van der Waals surface area contributed by atoms with Crippen molar-refractivity contribution < 1.29 is 9.84 Å². The number of aromatic hydroxyl groups is 1. The third kappa shape index (κ3) is 3.65. The SMILES string of the molecule is CC(C)Oc1cccc(C(c2sc3ncnn3c2O)N2CCN(C)CC2)c1. The number of hydrogen-bond donors (Lipinski definition) is 1. The zero-order valence-corrected chi connectivity index (χ0v) is 16.7. The monoisotopic (exact) mass is 387 g/mol. The molecule has 3 heterocycles. The van der Waals surface area contributed by atoms with Gasteiger partial charge >= 0.3 is 0 Å². The standard InChI is InChI=1S/C19H25N5O2S/c1-13(2)26-15-6-4-5-14(11-15)16(23-9-7-22(3)8-10-23)17-18(25)24-19(27-17)20-12-21-24/h4-6,11-13,16,25H,7-10H2,1-3H3. The van der Waals surface area contributed by atoms with Crippen molar-refractivity contribution >= 4 is 16.3 Å². The van der Waals surface area contributed by atoms with Crippen LogP contribution in [0.3, 0.4) is 0 Å². The fourth-order valence-electron chi connectivity index (χ4n) is 3.51. The zero-order chi connectivity index (χ0) is 19.0. The molecular weight excluding hydrogens is 362 g/mol. The Hall–Kier alpha value is -2.16. The molecule has 0 spiro atoms. The number of likely N-dealkylation sites (N-methyl/N-ethyl adjacent to an activating group) is 1. The lowest BCUT2D eigenvalue weighted by Crippen LogP contribution is -2.46. The van der Waals surface area contributed by atoms with E-state index in [-0.39, 0.29) is 18.0 Å². The van der Waals surface area contributed by atoms with Gasteiger partial charge in [-0.25, -0.2) is 4.98 Å². The molecule has 2 aromatic heterocycles. The van der Waals surface area contributed by atoms with E-state index in [4.69, 9.17) is 4.74 Å². The van der Waals surface area contributed by atoms with Crippen LogP contribution < -0.4 is 4.74 Å². The summed E-state index contributed by atoms with van der Waals surface area (Å²) < 4.78 is 7.42. The van der Waals surface area contributed by atoms with E-state index in [0.717, 1.165) is 42.4 Å². The maximum atomic E-state index is 10.8. The maximum Gasteiger partial charge on any atom is 0.230 e. The van der Waals surface area contributed by atoms with Crippen LogP contribution in [-0.4, -0.2) is 68.8 Å². The molecule has 1 N–H and O–H groups in total. The second kappa shape index (κ2) is 7.46. The number of rotatable bonds is 5. The van der Waals surface area contributed by atoms with Crippen LogP contribution in [0.25, 0.3) is 4.96 Å². The highest BCUT2D eigenvalue weighted by atomic mass is 32.1. The van der Waals surface area contributed by atoms with Crippen molar-refractivity contribution in [2.45, 2.75) is 26.0 Å². The number of hydrogen-bond acceptors (Lipinski definition) is 7. The third-order valence-corrected chi connectivity index (χ3v) is 5.92. The van der Waals surface area contributed by atoms with Gasteiger partial charge in [0.15, 0.2) is 0 Å². The van der Waals surface area contributed by atoms with Crippen molar-refractivity contribution in [2.75, 3.05) is 33.2 Å². The Bertz CT molecular complexity index is 914. The molecule has 8 heteroatoms. The summed E-state index contributed by atoms with van der Waals surface area (Å²) in [6.45, 7) is 7.92. The van der Waals surface area contributed by atoms with Gasteiger partial charge in [-0.15, -0.1) is 0 Å². The molecule has 0 aliphatic carbocycles. The van der Waals surface area contributed by atoms with Crippen LogP contribution in [-0.2, 0) is 0 Å². The van der Waals surface area contributed by atoms with Crippen LogP contribution in [0.15, 0.2) is 30.6 Å². The van der Waals surface area contributed by atoms with Crippen LogP contribution >= 0.6 is 11.3 Å². The summed E-state index contributed by atoms with van der Waals surface area (Å²) in [5, 5.41) is 15.0. The van der Waals surface area contributed by atoms with E-state index in [1.54, 1.807) is 0 Å². The van der Waals surface area contributed by atoms with Crippen molar-refractivity contribution in [2.24, 2.45) is 0 Å². The number of piperazine rings is 1. The first-order valence-electron chi connectivity index (χ1n) is 9.23. The number of benzene rings is 1. The quantitative estimate of drug-likeness (QED) is 0.726. The predicted octanol–water partition coefficient (Wildman–Crippen LogP) is 2.62. The molecule has 0 amide bonds. The Morgan fingerprint density at radius 2 is 1.96 bits per heavy atom. The van der Waals surface area contributed by atoms with Gasteiger partial charge in [-0.2, -0.15) is 9.61 Å². The van der Waals surface area contributed by atoms with Gasteiger partial charge in [0.25, 0.3) is 0 Å². The van der Waals surface area contributed by atoms with Gasteiger partial charge in [-0.3, -0.25) is 4.90 Å². The molecule has 1 aromatic carbocycles. The van der Waals surface area contributed by atoms with E-state index in [0.29, 0.717) is 4.96 Å². The van der Waals surface area contributed by atoms with Crippen molar-refractivity contribution in [1.29, 1.82) is 0 Å².